The molecule has 4 heterocycles. The lowest BCUT2D eigenvalue weighted by Crippen LogP contribution is -2.46. The van der Waals surface area contributed by atoms with Crippen LogP contribution in [0.3, 0.4) is 0 Å². The Morgan fingerprint density at radius 1 is 0.943 bits per heavy atom. The Hall–Kier alpha value is -3.68. The smallest absolute Gasteiger partial charge is 0.260 e. The van der Waals surface area contributed by atoms with Crippen LogP contribution in [-0.2, 0) is 16.1 Å². The first-order chi connectivity index (χ1) is 17.0. The van der Waals surface area contributed by atoms with Gasteiger partial charge in [0.25, 0.3) is 5.91 Å². The maximum atomic E-state index is 13.0. The SMILES string of the molecule is Cc1ccccc1OCC(=O)N1CCC2(CC1)CCN(C(=O)Cn1ccc(-c3ccncc3)n1)C2. The number of para-hydroxylation sites is 1. The first-order valence-electron chi connectivity index (χ1n) is 12.2. The number of carbonyl (C=O) groups is 2. The van der Waals surface area contributed by atoms with Gasteiger partial charge < -0.3 is 14.5 Å². The summed E-state index contributed by atoms with van der Waals surface area (Å²) < 4.78 is 7.46. The minimum atomic E-state index is 0.0257. The fraction of sp³-hybridized carbons (Fsp3) is 0.407. The second-order valence-electron chi connectivity index (χ2n) is 9.63. The third kappa shape index (κ3) is 5.21. The van der Waals surface area contributed by atoms with Crippen molar-refractivity contribution in [3.63, 3.8) is 0 Å². The van der Waals surface area contributed by atoms with Gasteiger partial charge in [0, 0.05) is 50.3 Å². The molecule has 2 fully saturated rings. The monoisotopic (exact) mass is 473 g/mol. The van der Waals surface area contributed by atoms with Crippen LogP contribution in [0.2, 0.25) is 0 Å². The van der Waals surface area contributed by atoms with E-state index in [1.165, 1.54) is 0 Å². The van der Waals surface area contributed by atoms with Crippen molar-refractivity contribution in [2.24, 2.45) is 5.41 Å². The molecule has 1 aromatic carbocycles. The van der Waals surface area contributed by atoms with Crippen LogP contribution < -0.4 is 4.74 Å². The van der Waals surface area contributed by atoms with Crippen molar-refractivity contribution < 1.29 is 14.3 Å². The maximum Gasteiger partial charge on any atom is 0.260 e. The summed E-state index contributed by atoms with van der Waals surface area (Å²) in [4.78, 5) is 33.6. The van der Waals surface area contributed by atoms with Gasteiger partial charge >= 0.3 is 0 Å². The largest absolute Gasteiger partial charge is 0.484 e. The quantitative estimate of drug-likeness (QED) is 0.549. The third-order valence-corrected chi connectivity index (χ3v) is 7.33. The molecule has 8 nitrogen and oxygen atoms in total. The fourth-order valence-electron chi connectivity index (χ4n) is 5.10. The van der Waals surface area contributed by atoms with Gasteiger partial charge in [-0.2, -0.15) is 5.10 Å². The molecular formula is C27H31N5O3. The Bertz CT molecular complexity index is 1180. The fourth-order valence-corrected chi connectivity index (χ4v) is 5.10. The number of amides is 2. The van der Waals surface area contributed by atoms with Crippen LogP contribution in [0.15, 0.2) is 61.1 Å². The number of ether oxygens (including phenoxy) is 1. The number of rotatable bonds is 6. The average Bonchev–Trinajstić information content (AvgIpc) is 3.52. The zero-order valence-electron chi connectivity index (χ0n) is 20.1. The van der Waals surface area contributed by atoms with Gasteiger partial charge in [-0.05, 0) is 61.4 Å². The number of aryl methyl sites for hydroxylation is 1. The molecule has 8 heteroatoms. The lowest BCUT2D eigenvalue weighted by atomic mass is 9.78. The van der Waals surface area contributed by atoms with E-state index in [0.717, 1.165) is 54.9 Å². The number of aromatic nitrogens is 3. The predicted molar refractivity (Wildman–Crippen MR) is 132 cm³/mol. The molecule has 2 aliphatic rings. The number of benzene rings is 1. The number of hydrogen-bond donors (Lipinski definition) is 0. The van der Waals surface area contributed by atoms with Crippen LogP contribution in [0.4, 0.5) is 0 Å². The standard InChI is InChI=1S/C27H31N5O3/c1-21-4-2-3-5-24(21)35-19-26(34)30-15-9-27(10-16-30)11-17-31(20-27)25(33)18-32-14-8-23(29-32)22-6-12-28-13-7-22/h2-8,12-14H,9-11,15-20H2,1H3. The van der Waals surface area contributed by atoms with Crippen molar-refractivity contribution in [1.82, 2.24) is 24.6 Å². The Labute approximate surface area is 205 Å². The van der Waals surface area contributed by atoms with Crippen molar-refractivity contribution >= 4 is 11.8 Å². The van der Waals surface area contributed by atoms with Gasteiger partial charge in [0.05, 0.1) is 5.69 Å². The first kappa shape index (κ1) is 23.1. The lowest BCUT2D eigenvalue weighted by Gasteiger charge is -2.39. The van der Waals surface area contributed by atoms with Crippen LogP contribution >= 0.6 is 0 Å². The molecule has 0 saturated carbocycles. The minimum absolute atomic E-state index is 0.0257. The Balaban J connectivity index is 1.10. The third-order valence-electron chi connectivity index (χ3n) is 7.33. The molecule has 2 amide bonds. The normalized spacial score (nSPS) is 17.1. The van der Waals surface area contributed by atoms with E-state index in [0.29, 0.717) is 13.1 Å². The highest BCUT2D eigenvalue weighted by Gasteiger charge is 2.42. The predicted octanol–water partition coefficient (Wildman–Crippen LogP) is 3.17. The lowest BCUT2D eigenvalue weighted by molar-refractivity contribution is -0.136. The van der Waals surface area contributed by atoms with Gasteiger partial charge in [0.2, 0.25) is 5.91 Å². The molecular weight excluding hydrogens is 442 g/mol. The van der Waals surface area contributed by atoms with Gasteiger partial charge in [-0.25, -0.2) is 0 Å². The molecule has 0 bridgehead atoms. The van der Waals surface area contributed by atoms with Gasteiger partial charge in [0.15, 0.2) is 6.61 Å². The van der Waals surface area contributed by atoms with Gasteiger partial charge in [-0.15, -0.1) is 0 Å². The average molecular weight is 474 g/mol. The van der Waals surface area contributed by atoms with Gasteiger partial charge in [0.1, 0.15) is 12.3 Å². The van der Waals surface area contributed by atoms with Crippen molar-refractivity contribution in [1.29, 1.82) is 0 Å². The highest BCUT2D eigenvalue weighted by atomic mass is 16.5. The number of pyridine rings is 1. The Kier molecular flexibility index (Phi) is 6.53. The van der Waals surface area contributed by atoms with Crippen LogP contribution in [0.25, 0.3) is 11.3 Å². The molecule has 35 heavy (non-hydrogen) atoms. The molecule has 182 valence electrons. The number of nitrogens with zero attached hydrogens (tertiary/aromatic N) is 5. The molecule has 0 N–H and O–H groups in total. The molecule has 2 saturated heterocycles. The highest BCUT2D eigenvalue weighted by Crippen LogP contribution is 2.40. The van der Waals surface area contributed by atoms with Crippen LogP contribution in [-0.4, -0.2) is 69.2 Å². The molecule has 3 aromatic rings. The molecule has 2 aromatic heterocycles. The molecule has 0 atom stereocenters. The van der Waals surface area contributed by atoms with Crippen molar-refractivity contribution in [3.8, 4) is 17.0 Å². The summed E-state index contributed by atoms with van der Waals surface area (Å²) in [5.41, 5.74) is 2.95. The summed E-state index contributed by atoms with van der Waals surface area (Å²) in [6.45, 7) is 5.23. The van der Waals surface area contributed by atoms with E-state index in [1.807, 2.05) is 65.4 Å². The summed E-state index contributed by atoms with van der Waals surface area (Å²) in [5, 5.41) is 4.56. The van der Waals surface area contributed by atoms with E-state index in [-0.39, 0.29) is 30.4 Å². The first-order valence-corrected chi connectivity index (χ1v) is 12.2. The summed E-state index contributed by atoms with van der Waals surface area (Å²) >= 11 is 0. The zero-order chi connectivity index (χ0) is 24.3. The molecule has 0 unspecified atom stereocenters. The molecule has 0 radical (unpaired) electrons. The van der Waals surface area contributed by atoms with Crippen molar-refractivity contribution in [2.75, 3.05) is 32.8 Å². The highest BCUT2D eigenvalue weighted by molar-refractivity contribution is 5.78. The van der Waals surface area contributed by atoms with Crippen LogP contribution in [0.1, 0.15) is 24.8 Å². The summed E-state index contributed by atoms with van der Waals surface area (Å²) in [7, 11) is 0. The van der Waals surface area contributed by atoms with E-state index in [1.54, 1.807) is 17.1 Å². The maximum absolute atomic E-state index is 13.0. The topological polar surface area (TPSA) is 80.6 Å². The Morgan fingerprint density at radius 2 is 1.66 bits per heavy atom. The number of piperidine rings is 1. The number of likely N-dealkylation sites (tertiary alicyclic amines) is 2. The number of carbonyl (C=O) groups excluding carboxylic acids is 2. The summed E-state index contributed by atoms with van der Waals surface area (Å²) in [5.74, 6) is 0.874. The second-order valence-corrected chi connectivity index (χ2v) is 9.63. The zero-order valence-corrected chi connectivity index (χ0v) is 20.1. The summed E-state index contributed by atoms with van der Waals surface area (Å²) in [6, 6.07) is 13.5. The van der Waals surface area contributed by atoms with Gasteiger partial charge in [-0.1, -0.05) is 18.2 Å². The molecule has 5 rings (SSSR count). The van der Waals surface area contributed by atoms with E-state index in [2.05, 4.69) is 10.1 Å². The number of hydrogen-bond acceptors (Lipinski definition) is 5. The van der Waals surface area contributed by atoms with E-state index in [4.69, 9.17) is 4.74 Å². The van der Waals surface area contributed by atoms with E-state index in [9.17, 15) is 9.59 Å². The van der Waals surface area contributed by atoms with E-state index >= 15 is 0 Å². The van der Waals surface area contributed by atoms with Gasteiger partial charge in [-0.3, -0.25) is 19.3 Å². The Morgan fingerprint density at radius 3 is 2.40 bits per heavy atom. The second kappa shape index (κ2) is 9.90. The van der Waals surface area contributed by atoms with Crippen molar-refractivity contribution in [2.45, 2.75) is 32.7 Å². The molecule has 0 aliphatic carbocycles. The molecule has 2 aliphatic heterocycles. The van der Waals surface area contributed by atoms with Crippen molar-refractivity contribution in [3.05, 3.63) is 66.6 Å². The summed E-state index contributed by atoms with van der Waals surface area (Å²) in [6.07, 6.45) is 8.14. The van der Waals surface area contributed by atoms with E-state index < -0.39 is 0 Å². The van der Waals surface area contributed by atoms with Crippen LogP contribution in [0.5, 0.6) is 5.75 Å². The van der Waals surface area contributed by atoms with Crippen LogP contribution in [0, 0.1) is 12.3 Å². The molecule has 1 spiro atoms. The minimum Gasteiger partial charge on any atom is -0.484 e.